The smallest absolute Gasteiger partial charge is 0.194 e. The molecule has 0 bridgehead atoms. The Hall–Kier alpha value is -2.55. The molecular weight excluding hydrogens is 272 g/mol. The van der Waals surface area contributed by atoms with Crippen LogP contribution in [0.25, 0.3) is 22.2 Å². The number of benzene rings is 2. The van der Waals surface area contributed by atoms with E-state index in [2.05, 4.69) is 20.8 Å². The molecule has 3 aromatic rings. The third kappa shape index (κ3) is 1.72. The molecule has 0 N–H and O–H groups in total. The van der Waals surface area contributed by atoms with E-state index < -0.39 is 0 Å². The van der Waals surface area contributed by atoms with Crippen LogP contribution in [0.15, 0.2) is 42.5 Å². The van der Waals surface area contributed by atoms with Crippen molar-refractivity contribution in [1.29, 1.82) is 0 Å². The molecule has 0 saturated heterocycles. The van der Waals surface area contributed by atoms with Crippen LogP contribution in [0.4, 0.5) is 0 Å². The molecule has 1 aliphatic rings. The molecule has 0 aliphatic heterocycles. The Morgan fingerprint density at radius 1 is 0.818 bits per heavy atom. The third-order valence-electron chi connectivity index (χ3n) is 4.07. The van der Waals surface area contributed by atoms with Crippen molar-refractivity contribution in [1.82, 2.24) is 9.97 Å². The Kier molecular flexibility index (Phi) is 2.52. The summed E-state index contributed by atoms with van der Waals surface area (Å²) >= 11 is 0. The molecule has 3 heteroatoms. The number of nitrogens with zero attached hydrogens (tertiary/aromatic N) is 2. The zero-order valence-corrected chi connectivity index (χ0v) is 12.8. The molecule has 4 rings (SSSR count). The molecule has 0 amide bonds. The molecule has 2 aromatic carbocycles. The van der Waals surface area contributed by atoms with E-state index in [9.17, 15) is 4.79 Å². The van der Waals surface area contributed by atoms with Gasteiger partial charge in [-0.25, -0.2) is 9.97 Å². The molecule has 0 saturated carbocycles. The van der Waals surface area contributed by atoms with Gasteiger partial charge in [0.2, 0.25) is 0 Å². The maximum absolute atomic E-state index is 12.7. The largest absolute Gasteiger partial charge is 0.289 e. The van der Waals surface area contributed by atoms with E-state index in [4.69, 9.17) is 9.97 Å². The van der Waals surface area contributed by atoms with Crippen LogP contribution < -0.4 is 0 Å². The molecule has 0 atom stereocenters. The number of aromatic nitrogens is 2. The molecule has 1 aliphatic carbocycles. The van der Waals surface area contributed by atoms with E-state index in [0.29, 0.717) is 5.56 Å². The summed E-state index contributed by atoms with van der Waals surface area (Å²) in [7, 11) is 0. The molecule has 1 aromatic heterocycles. The number of carbonyl (C=O) groups is 1. The standard InChI is InChI=1S/C19H16N2O/c1-19(2,3)18-20-14-10-6-9-13-15(14)16(21-18)11-7-4-5-8-12(11)17(13)22/h4-10H,1-3H3. The first-order valence-corrected chi connectivity index (χ1v) is 7.42. The van der Waals surface area contributed by atoms with Gasteiger partial charge in [-0.1, -0.05) is 57.2 Å². The number of fused-ring (bicyclic) bond motifs is 2. The summed E-state index contributed by atoms with van der Waals surface area (Å²) in [5.74, 6) is 0.858. The first-order chi connectivity index (χ1) is 10.5. The van der Waals surface area contributed by atoms with Gasteiger partial charge in [-0.15, -0.1) is 0 Å². The minimum atomic E-state index is -0.142. The second-order valence-corrected chi connectivity index (χ2v) is 6.72. The highest BCUT2D eigenvalue weighted by Crippen LogP contribution is 2.38. The monoisotopic (exact) mass is 288 g/mol. The van der Waals surface area contributed by atoms with E-state index in [1.807, 2.05) is 42.5 Å². The number of hydrogen-bond acceptors (Lipinski definition) is 3. The summed E-state index contributed by atoms with van der Waals surface area (Å²) in [6, 6.07) is 13.4. The minimum absolute atomic E-state index is 0.0563. The zero-order valence-electron chi connectivity index (χ0n) is 12.8. The quantitative estimate of drug-likeness (QED) is 0.488. The van der Waals surface area contributed by atoms with Gasteiger partial charge >= 0.3 is 0 Å². The molecule has 0 radical (unpaired) electrons. The van der Waals surface area contributed by atoms with Crippen molar-refractivity contribution < 1.29 is 4.79 Å². The number of hydrogen-bond donors (Lipinski definition) is 0. The molecule has 22 heavy (non-hydrogen) atoms. The van der Waals surface area contributed by atoms with Crippen LogP contribution in [-0.2, 0) is 5.41 Å². The Morgan fingerprint density at radius 2 is 1.50 bits per heavy atom. The topological polar surface area (TPSA) is 42.9 Å². The average Bonchev–Trinajstić information content (AvgIpc) is 2.51. The van der Waals surface area contributed by atoms with Crippen LogP contribution in [0.1, 0.15) is 42.5 Å². The second kappa shape index (κ2) is 4.23. The zero-order chi connectivity index (χ0) is 15.5. The molecule has 1 heterocycles. The second-order valence-electron chi connectivity index (χ2n) is 6.72. The van der Waals surface area contributed by atoms with E-state index >= 15 is 0 Å². The highest BCUT2D eigenvalue weighted by molar-refractivity contribution is 6.24. The first kappa shape index (κ1) is 13.1. The summed E-state index contributed by atoms with van der Waals surface area (Å²) in [4.78, 5) is 22.2. The van der Waals surface area contributed by atoms with Crippen molar-refractivity contribution in [3.05, 3.63) is 59.4 Å². The molecule has 0 spiro atoms. The van der Waals surface area contributed by atoms with Gasteiger partial charge in [0.1, 0.15) is 5.82 Å². The van der Waals surface area contributed by atoms with Crippen LogP contribution in [-0.4, -0.2) is 15.8 Å². The summed E-state index contributed by atoms with van der Waals surface area (Å²) in [5.41, 5.74) is 3.91. The summed E-state index contributed by atoms with van der Waals surface area (Å²) in [5, 5.41) is 0.874. The molecule has 3 nitrogen and oxygen atoms in total. The lowest BCUT2D eigenvalue weighted by molar-refractivity contribution is 0.104. The van der Waals surface area contributed by atoms with Crippen molar-refractivity contribution in [3.63, 3.8) is 0 Å². The Balaban J connectivity index is 2.20. The van der Waals surface area contributed by atoms with Gasteiger partial charge in [-0.3, -0.25) is 4.79 Å². The average molecular weight is 288 g/mol. The van der Waals surface area contributed by atoms with Gasteiger partial charge in [0, 0.05) is 27.5 Å². The SMILES string of the molecule is CC(C)(C)c1nc2c3c(cccc3n1)C(=O)c1ccccc1-2. The van der Waals surface area contributed by atoms with E-state index in [-0.39, 0.29) is 11.2 Å². The van der Waals surface area contributed by atoms with Crippen LogP contribution in [0.5, 0.6) is 0 Å². The van der Waals surface area contributed by atoms with Gasteiger partial charge in [0.15, 0.2) is 5.78 Å². The number of ketones is 1. The van der Waals surface area contributed by atoms with E-state index in [1.54, 1.807) is 0 Å². The fourth-order valence-corrected chi connectivity index (χ4v) is 2.94. The Morgan fingerprint density at radius 3 is 2.23 bits per heavy atom. The third-order valence-corrected chi connectivity index (χ3v) is 4.07. The predicted molar refractivity (Wildman–Crippen MR) is 87.1 cm³/mol. The van der Waals surface area contributed by atoms with Crippen molar-refractivity contribution >= 4 is 16.7 Å². The van der Waals surface area contributed by atoms with Crippen LogP contribution in [0.3, 0.4) is 0 Å². The van der Waals surface area contributed by atoms with Gasteiger partial charge in [-0.05, 0) is 6.07 Å². The fraction of sp³-hybridized carbons (Fsp3) is 0.211. The summed E-state index contributed by atoms with van der Waals surface area (Å²) in [6.07, 6.45) is 0. The normalized spacial score (nSPS) is 13.3. The van der Waals surface area contributed by atoms with Crippen LogP contribution in [0, 0.1) is 0 Å². The summed E-state index contributed by atoms with van der Waals surface area (Å²) in [6.45, 7) is 6.31. The van der Waals surface area contributed by atoms with Crippen molar-refractivity contribution in [2.24, 2.45) is 0 Å². The maximum Gasteiger partial charge on any atom is 0.194 e. The van der Waals surface area contributed by atoms with Crippen molar-refractivity contribution in [3.8, 4) is 11.3 Å². The maximum atomic E-state index is 12.7. The highest BCUT2D eigenvalue weighted by Gasteiger charge is 2.28. The van der Waals surface area contributed by atoms with Gasteiger partial charge in [-0.2, -0.15) is 0 Å². The lowest BCUT2D eigenvalue weighted by atomic mass is 9.86. The fourth-order valence-electron chi connectivity index (χ4n) is 2.94. The van der Waals surface area contributed by atoms with Gasteiger partial charge < -0.3 is 0 Å². The minimum Gasteiger partial charge on any atom is -0.289 e. The summed E-state index contributed by atoms with van der Waals surface area (Å²) < 4.78 is 0. The molecular formula is C19H16N2O. The lowest BCUT2D eigenvalue weighted by Gasteiger charge is -2.23. The molecule has 0 unspecified atom stereocenters. The molecule has 108 valence electrons. The molecule has 0 fully saturated rings. The lowest BCUT2D eigenvalue weighted by Crippen LogP contribution is -2.19. The first-order valence-electron chi connectivity index (χ1n) is 7.42. The van der Waals surface area contributed by atoms with Gasteiger partial charge in [0.05, 0.1) is 11.2 Å². The highest BCUT2D eigenvalue weighted by atomic mass is 16.1. The predicted octanol–water partition coefficient (Wildman–Crippen LogP) is 4.14. The number of rotatable bonds is 0. The van der Waals surface area contributed by atoms with Crippen molar-refractivity contribution in [2.45, 2.75) is 26.2 Å². The van der Waals surface area contributed by atoms with Gasteiger partial charge in [0.25, 0.3) is 0 Å². The Labute approximate surface area is 129 Å². The van der Waals surface area contributed by atoms with Crippen LogP contribution >= 0.6 is 0 Å². The van der Waals surface area contributed by atoms with E-state index in [0.717, 1.165) is 33.5 Å². The van der Waals surface area contributed by atoms with Crippen molar-refractivity contribution in [2.75, 3.05) is 0 Å². The number of carbonyl (C=O) groups excluding carboxylic acids is 1. The van der Waals surface area contributed by atoms with Crippen LogP contribution in [0.2, 0.25) is 0 Å². The van der Waals surface area contributed by atoms with E-state index in [1.165, 1.54) is 0 Å². The Bertz CT molecular complexity index is 936.